The van der Waals surface area contributed by atoms with Gasteiger partial charge >= 0.3 is 11.4 Å². The topological polar surface area (TPSA) is 117 Å². The molecule has 0 radical (unpaired) electrons. The van der Waals surface area contributed by atoms with Crippen molar-refractivity contribution in [2.75, 3.05) is 11.1 Å². The summed E-state index contributed by atoms with van der Waals surface area (Å²) < 4.78 is 8.36. The molecule has 2 aromatic heterocycles. The molecule has 2 heterocycles. The van der Waals surface area contributed by atoms with E-state index >= 15 is 0 Å². The minimum absolute atomic E-state index is 0.0546. The smallest absolute Gasteiger partial charge is 0.354 e. The summed E-state index contributed by atoms with van der Waals surface area (Å²) in [5, 5.41) is 3.76. The summed E-state index contributed by atoms with van der Waals surface area (Å²) in [6, 6.07) is 10.4. The third-order valence-corrected chi connectivity index (χ3v) is 5.41. The van der Waals surface area contributed by atoms with Crippen molar-refractivity contribution < 1.29 is 4.74 Å². The van der Waals surface area contributed by atoms with Crippen LogP contribution in [0, 0.1) is 5.92 Å². The summed E-state index contributed by atoms with van der Waals surface area (Å²) in [7, 11) is 0. The van der Waals surface area contributed by atoms with Crippen LogP contribution < -0.4 is 27.2 Å². The molecule has 9 nitrogen and oxygen atoms in total. The summed E-state index contributed by atoms with van der Waals surface area (Å²) in [5.74, 6) is 1.76. The molecular formula is C23H23ClN6O3. The molecule has 1 aromatic carbocycles. The standard InChI is InChI=1S/C23H23ClN6O3/c1-2-29-22(31)28-21(30(23(29)32)14-15-3-5-16(24)6-4-15)27-17-7-9-18(10-8-17)33-19-11-12-26-20(25)13-19/h3,5-13,15H,2,4,14H2,1H3,(H2,25,26)(H,27,28,31). The molecule has 3 aromatic rings. The molecule has 0 amide bonds. The fourth-order valence-electron chi connectivity index (χ4n) is 3.43. The van der Waals surface area contributed by atoms with Crippen LogP contribution in [0.3, 0.4) is 0 Å². The van der Waals surface area contributed by atoms with Crippen molar-refractivity contribution in [2.45, 2.75) is 26.4 Å². The molecule has 0 fully saturated rings. The lowest BCUT2D eigenvalue weighted by Crippen LogP contribution is -2.43. The van der Waals surface area contributed by atoms with Gasteiger partial charge in [0.1, 0.15) is 17.3 Å². The van der Waals surface area contributed by atoms with Gasteiger partial charge in [-0.1, -0.05) is 23.8 Å². The van der Waals surface area contributed by atoms with E-state index < -0.39 is 11.4 Å². The van der Waals surface area contributed by atoms with E-state index in [1.807, 2.05) is 18.2 Å². The SMILES string of the molecule is CCn1c(=O)nc(Nc2ccc(Oc3ccnc(N)c3)cc2)n(CC2C=CC(Cl)=CC2)c1=O. The van der Waals surface area contributed by atoms with Crippen LogP contribution in [0.25, 0.3) is 0 Å². The Labute approximate surface area is 194 Å². The lowest BCUT2D eigenvalue weighted by atomic mass is 10.0. The molecule has 170 valence electrons. The average molecular weight is 467 g/mol. The highest BCUT2D eigenvalue weighted by atomic mass is 35.5. The highest BCUT2D eigenvalue weighted by molar-refractivity contribution is 6.31. The third-order valence-electron chi connectivity index (χ3n) is 5.13. The summed E-state index contributed by atoms with van der Waals surface area (Å²) in [6.45, 7) is 2.33. The number of nitrogens with zero attached hydrogens (tertiary/aromatic N) is 4. The first kappa shape index (κ1) is 22.3. The maximum absolute atomic E-state index is 13.0. The lowest BCUT2D eigenvalue weighted by Gasteiger charge is -2.19. The summed E-state index contributed by atoms with van der Waals surface area (Å²) >= 11 is 6.01. The number of anilines is 3. The predicted molar refractivity (Wildman–Crippen MR) is 128 cm³/mol. The van der Waals surface area contributed by atoms with E-state index in [4.69, 9.17) is 22.1 Å². The third kappa shape index (κ3) is 5.32. The minimum atomic E-state index is -0.599. The Bertz CT molecular complexity index is 1330. The van der Waals surface area contributed by atoms with Crippen molar-refractivity contribution in [2.24, 2.45) is 5.92 Å². The minimum Gasteiger partial charge on any atom is -0.457 e. The average Bonchev–Trinajstić information content (AvgIpc) is 2.79. The van der Waals surface area contributed by atoms with Crippen LogP contribution >= 0.6 is 11.6 Å². The summed E-state index contributed by atoms with van der Waals surface area (Å²) in [4.78, 5) is 33.4. The molecule has 33 heavy (non-hydrogen) atoms. The first-order valence-corrected chi connectivity index (χ1v) is 10.8. The van der Waals surface area contributed by atoms with Crippen LogP contribution in [0.2, 0.25) is 0 Å². The first-order valence-electron chi connectivity index (χ1n) is 10.4. The van der Waals surface area contributed by atoms with Gasteiger partial charge in [0.15, 0.2) is 0 Å². The van der Waals surface area contributed by atoms with Crippen molar-refractivity contribution in [3.05, 3.63) is 86.8 Å². The van der Waals surface area contributed by atoms with Gasteiger partial charge in [0.25, 0.3) is 0 Å². The number of benzene rings is 1. The van der Waals surface area contributed by atoms with Crippen molar-refractivity contribution in [3.63, 3.8) is 0 Å². The van der Waals surface area contributed by atoms with Crippen molar-refractivity contribution >= 4 is 29.1 Å². The van der Waals surface area contributed by atoms with Crippen LogP contribution in [0.1, 0.15) is 13.3 Å². The van der Waals surface area contributed by atoms with Gasteiger partial charge in [-0.2, -0.15) is 4.98 Å². The Morgan fingerprint density at radius 2 is 1.97 bits per heavy atom. The van der Waals surface area contributed by atoms with Crippen molar-refractivity contribution in [1.29, 1.82) is 0 Å². The molecule has 4 rings (SSSR count). The molecule has 3 N–H and O–H groups in total. The Morgan fingerprint density at radius 3 is 2.64 bits per heavy atom. The number of ether oxygens (including phenoxy) is 1. The second-order valence-corrected chi connectivity index (χ2v) is 7.90. The van der Waals surface area contributed by atoms with Crippen molar-refractivity contribution in [1.82, 2.24) is 19.1 Å². The Hall–Kier alpha value is -3.85. The number of hydrogen-bond donors (Lipinski definition) is 2. The molecule has 10 heteroatoms. The summed E-state index contributed by atoms with van der Waals surface area (Å²) in [6.07, 6.45) is 7.93. The first-order chi connectivity index (χ1) is 15.9. The quantitative estimate of drug-likeness (QED) is 0.545. The molecular weight excluding hydrogens is 444 g/mol. The van der Waals surface area contributed by atoms with E-state index in [1.165, 1.54) is 4.57 Å². The molecule has 1 atom stereocenters. The van der Waals surface area contributed by atoms with E-state index in [0.29, 0.717) is 41.0 Å². The van der Waals surface area contributed by atoms with Crippen molar-refractivity contribution in [3.8, 4) is 11.5 Å². The molecule has 0 saturated heterocycles. The van der Waals surface area contributed by atoms with E-state index in [0.717, 1.165) is 4.57 Å². The van der Waals surface area contributed by atoms with E-state index in [1.54, 1.807) is 49.5 Å². The monoisotopic (exact) mass is 466 g/mol. The Balaban J connectivity index is 1.58. The van der Waals surface area contributed by atoms with E-state index in [9.17, 15) is 9.59 Å². The predicted octanol–water partition coefficient (Wildman–Crippen LogP) is 3.64. The highest BCUT2D eigenvalue weighted by Crippen LogP contribution is 2.25. The number of halogens is 1. The van der Waals surface area contributed by atoms with Gasteiger partial charge in [-0.25, -0.2) is 19.1 Å². The number of pyridine rings is 1. The van der Waals surface area contributed by atoms with E-state index in [-0.39, 0.29) is 18.4 Å². The number of nitrogens with two attached hydrogens (primary N) is 1. The lowest BCUT2D eigenvalue weighted by molar-refractivity contribution is 0.478. The van der Waals surface area contributed by atoms with Crippen LogP contribution in [-0.2, 0) is 13.1 Å². The second kappa shape index (κ2) is 9.74. The van der Waals surface area contributed by atoms with Gasteiger partial charge in [0.05, 0.1) is 0 Å². The van der Waals surface area contributed by atoms with Gasteiger partial charge in [-0.15, -0.1) is 0 Å². The maximum atomic E-state index is 13.0. The van der Waals surface area contributed by atoms with Crippen LogP contribution in [0.4, 0.5) is 17.5 Å². The molecule has 1 unspecified atom stereocenters. The summed E-state index contributed by atoms with van der Waals surface area (Å²) in [5.41, 5.74) is 5.31. The fraction of sp³-hybridized carbons (Fsp3) is 0.217. The van der Waals surface area contributed by atoms with Gasteiger partial charge in [-0.05, 0) is 55.7 Å². The highest BCUT2D eigenvalue weighted by Gasteiger charge is 2.17. The molecule has 0 aliphatic heterocycles. The van der Waals surface area contributed by atoms with Gasteiger partial charge < -0.3 is 15.8 Å². The van der Waals surface area contributed by atoms with Gasteiger partial charge in [-0.3, -0.25) is 4.57 Å². The normalized spacial score (nSPS) is 15.2. The number of aromatic nitrogens is 4. The number of allylic oxidation sites excluding steroid dienone is 4. The van der Waals surface area contributed by atoms with E-state index in [2.05, 4.69) is 15.3 Å². The molecule has 0 spiro atoms. The largest absolute Gasteiger partial charge is 0.457 e. The maximum Gasteiger partial charge on any atom is 0.354 e. The Kier molecular flexibility index (Phi) is 6.60. The molecule has 0 saturated carbocycles. The Morgan fingerprint density at radius 1 is 1.18 bits per heavy atom. The number of rotatable bonds is 7. The zero-order chi connectivity index (χ0) is 23.4. The molecule has 0 bridgehead atoms. The fourth-order valence-corrected chi connectivity index (χ4v) is 3.59. The van der Waals surface area contributed by atoms with Gasteiger partial charge in [0, 0.05) is 36.1 Å². The zero-order valence-corrected chi connectivity index (χ0v) is 18.7. The van der Waals surface area contributed by atoms with Crippen LogP contribution in [0.15, 0.2) is 75.4 Å². The molecule has 1 aliphatic rings. The zero-order valence-electron chi connectivity index (χ0n) is 17.9. The number of nitrogens with one attached hydrogen (secondary N) is 1. The van der Waals surface area contributed by atoms with Crippen LogP contribution in [0.5, 0.6) is 11.5 Å². The van der Waals surface area contributed by atoms with Gasteiger partial charge in [0.2, 0.25) is 5.95 Å². The second-order valence-electron chi connectivity index (χ2n) is 7.47. The number of hydrogen-bond acceptors (Lipinski definition) is 7. The molecule has 1 aliphatic carbocycles. The van der Waals surface area contributed by atoms with Crippen LogP contribution in [-0.4, -0.2) is 19.1 Å². The number of nitrogen functional groups attached to an aromatic ring is 1.